The van der Waals surface area contributed by atoms with E-state index in [1.807, 2.05) is 12.1 Å². The number of nitrogens with zero attached hydrogens (tertiary/aromatic N) is 2. The molecule has 0 radical (unpaired) electrons. The van der Waals surface area contributed by atoms with Crippen molar-refractivity contribution in [3.8, 4) is 23.0 Å². The van der Waals surface area contributed by atoms with E-state index in [0.29, 0.717) is 47.4 Å². The first-order valence-corrected chi connectivity index (χ1v) is 17.8. The monoisotopic (exact) mass is 684 g/mol. The fraction of sp³-hybridized carbons (Fsp3) is 0.550. The minimum absolute atomic E-state index is 0.0282. The SMILES string of the molecule is COC1=C[C@@H]2[C@@H]3Cc4ccc(OC)c(OCCOc5c(OC)ccc6c5[C@@]57CCN(C)[C@@H](C6)[C@H]5C=C(OC)C(=O)C7)c4[C@]2(CCN3C)CC1=O. The number of benzene rings is 2. The van der Waals surface area contributed by atoms with Gasteiger partial charge < -0.3 is 38.2 Å². The maximum absolute atomic E-state index is 13.4. The summed E-state index contributed by atoms with van der Waals surface area (Å²) in [5.74, 6) is 3.89. The van der Waals surface area contributed by atoms with Gasteiger partial charge in [0.2, 0.25) is 0 Å². The van der Waals surface area contributed by atoms with E-state index in [1.54, 1.807) is 28.4 Å². The van der Waals surface area contributed by atoms with E-state index >= 15 is 0 Å². The van der Waals surface area contributed by atoms with Gasteiger partial charge in [-0.05, 0) is 88.3 Å². The van der Waals surface area contributed by atoms with Gasteiger partial charge in [-0.15, -0.1) is 0 Å². The summed E-state index contributed by atoms with van der Waals surface area (Å²) in [6, 6.07) is 8.78. The maximum Gasteiger partial charge on any atom is 0.197 e. The van der Waals surface area contributed by atoms with Crippen LogP contribution in [-0.2, 0) is 42.7 Å². The predicted molar refractivity (Wildman–Crippen MR) is 186 cm³/mol. The highest BCUT2D eigenvalue weighted by atomic mass is 16.5. The van der Waals surface area contributed by atoms with Gasteiger partial charge in [-0.25, -0.2) is 0 Å². The molecule has 0 amide bonds. The molecule has 2 aromatic rings. The minimum atomic E-state index is -0.405. The Balaban J connectivity index is 1.13. The molecule has 6 aliphatic rings. The van der Waals surface area contributed by atoms with Crippen molar-refractivity contribution in [2.45, 2.75) is 61.4 Å². The molecule has 6 atom stereocenters. The number of hydrogen-bond acceptors (Lipinski definition) is 10. The molecular formula is C40H48N2O8. The average molecular weight is 685 g/mol. The highest BCUT2D eigenvalue weighted by molar-refractivity contribution is 5.97. The van der Waals surface area contributed by atoms with Crippen molar-refractivity contribution in [2.75, 3.05) is 68.8 Å². The molecule has 4 bridgehead atoms. The van der Waals surface area contributed by atoms with Gasteiger partial charge in [0.25, 0.3) is 0 Å². The lowest BCUT2D eigenvalue weighted by atomic mass is 9.53. The summed E-state index contributed by atoms with van der Waals surface area (Å²) in [6.45, 7) is 2.30. The van der Waals surface area contributed by atoms with E-state index in [-0.39, 0.29) is 48.7 Å². The predicted octanol–water partition coefficient (Wildman–Crippen LogP) is 4.40. The Kier molecular flexibility index (Phi) is 8.18. The van der Waals surface area contributed by atoms with Gasteiger partial charge >= 0.3 is 0 Å². The van der Waals surface area contributed by atoms with Crippen LogP contribution in [0.25, 0.3) is 0 Å². The van der Waals surface area contributed by atoms with Gasteiger partial charge in [0.15, 0.2) is 46.1 Å². The lowest BCUT2D eigenvalue weighted by Gasteiger charge is -2.56. The second kappa shape index (κ2) is 12.3. The number of fused-ring (bicyclic) bond motifs is 2. The van der Waals surface area contributed by atoms with E-state index in [1.165, 1.54) is 11.1 Å². The third-order valence-electron chi connectivity index (χ3n) is 12.9. The fourth-order valence-corrected chi connectivity index (χ4v) is 10.6. The van der Waals surface area contributed by atoms with Crippen LogP contribution in [0.1, 0.15) is 47.9 Å². The largest absolute Gasteiger partial charge is 0.493 e. The van der Waals surface area contributed by atoms with Crippen molar-refractivity contribution in [3.63, 3.8) is 0 Å². The number of likely N-dealkylation sites (N-methyl/N-ethyl adjacent to an activating group) is 2. The third kappa shape index (κ3) is 4.74. The summed E-state index contributed by atoms with van der Waals surface area (Å²) in [5, 5.41) is 0. The summed E-state index contributed by atoms with van der Waals surface area (Å²) < 4.78 is 36.3. The molecule has 8 rings (SSSR count). The molecule has 10 heteroatoms. The van der Waals surface area contributed by atoms with Crippen LogP contribution in [0.3, 0.4) is 0 Å². The Morgan fingerprint density at radius 1 is 0.640 bits per heavy atom. The van der Waals surface area contributed by atoms with Crippen molar-refractivity contribution >= 4 is 11.6 Å². The number of carbonyl (C=O) groups is 2. The van der Waals surface area contributed by atoms with Crippen LogP contribution in [-0.4, -0.2) is 102 Å². The molecule has 50 heavy (non-hydrogen) atoms. The van der Waals surface area contributed by atoms with E-state index in [9.17, 15) is 9.59 Å². The topological polar surface area (TPSA) is 96.0 Å². The molecule has 266 valence electrons. The van der Waals surface area contributed by atoms with E-state index in [0.717, 1.165) is 49.9 Å². The summed E-state index contributed by atoms with van der Waals surface area (Å²) in [7, 11) is 10.8. The Bertz CT molecular complexity index is 1670. The van der Waals surface area contributed by atoms with Crippen LogP contribution in [0.15, 0.2) is 47.9 Å². The molecule has 4 aliphatic carbocycles. The zero-order chi connectivity index (χ0) is 34.9. The highest BCUT2D eigenvalue weighted by Crippen LogP contribution is 2.59. The Morgan fingerprint density at radius 2 is 1.06 bits per heavy atom. The molecule has 0 saturated carbocycles. The van der Waals surface area contributed by atoms with E-state index in [4.69, 9.17) is 28.4 Å². The lowest BCUT2D eigenvalue weighted by molar-refractivity contribution is -0.123. The van der Waals surface area contributed by atoms with Gasteiger partial charge in [-0.1, -0.05) is 12.1 Å². The summed E-state index contributed by atoms with van der Waals surface area (Å²) in [4.78, 5) is 31.7. The van der Waals surface area contributed by atoms with Gasteiger partial charge in [0, 0.05) is 58.7 Å². The number of hydrogen-bond donors (Lipinski definition) is 0. The van der Waals surface area contributed by atoms with Crippen LogP contribution < -0.4 is 18.9 Å². The van der Waals surface area contributed by atoms with E-state index < -0.39 is 10.8 Å². The number of ether oxygens (including phenoxy) is 6. The van der Waals surface area contributed by atoms with Crippen molar-refractivity contribution < 1.29 is 38.0 Å². The molecular weight excluding hydrogens is 636 g/mol. The number of Topliss-reactive ketones (excluding diaryl/α,β-unsaturated/α-hetero) is 2. The van der Waals surface area contributed by atoms with Crippen molar-refractivity contribution in [3.05, 3.63) is 70.2 Å². The minimum Gasteiger partial charge on any atom is -0.493 e. The standard InChI is InChI=1S/C40H48N2O8/c1-41-13-11-39-21-29(43)33(47-5)19-25(39)27(41)17-23-7-9-31(45-3)37(35(23)39)49-15-16-50-38-32(46-4)10-8-24-18-28-26-20-34(48-6)30(44)22-40(26,36(24)38)12-14-42(28)2/h7-10,19-20,25-28H,11-18,21-22H2,1-6H3/t25-,26-,27+,28+,39-,40-/m1/s1. The van der Waals surface area contributed by atoms with Crippen LogP contribution in [0.4, 0.5) is 0 Å². The molecule has 0 aromatic heterocycles. The number of rotatable bonds is 9. The van der Waals surface area contributed by atoms with Gasteiger partial charge in [-0.3, -0.25) is 9.59 Å². The molecule has 2 aliphatic heterocycles. The second-order valence-electron chi connectivity index (χ2n) is 15.0. The number of piperidine rings is 2. The van der Waals surface area contributed by atoms with Crippen molar-refractivity contribution in [1.82, 2.24) is 9.80 Å². The molecule has 0 unspecified atom stereocenters. The van der Waals surface area contributed by atoms with E-state index in [2.05, 4.69) is 48.2 Å². The highest BCUT2D eigenvalue weighted by Gasteiger charge is 2.58. The second-order valence-corrected chi connectivity index (χ2v) is 15.0. The Labute approximate surface area is 294 Å². The normalized spacial score (nSPS) is 31.2. The van der Waals surface area contributed by atoms with Gasteiger partial charge in [0.05, 0.1) is 28.4 Å². The third-order valence-corrected chi connectivity index (χ3v) is 12.9. The van der Waals surface area contributed by atoms with Crippen molar-refractivity contribution in [1.29, 1.82) is 0 Å². The van der Waals surface area contributed by atoms with Gasteiger partial charge in [-0.2, -0.15) is 0 Å². The lowest BCUT2D eigenvalue weighted by Crippen LogP contribution is -2.60. The van der Waals surface area contributed by atoms with Crippen LogP contribution >= 0.6 is 0 Å². The molecule has 0 spiro atoms. The number of carbonyl (C=O) groups excluding carboxylic acids is 2. The van der Waals surface area contributed by atoms with Gasteiger partial charge in [0.1, 0.15) is 13.2 Å². The summed E-state index contributed by atoms with van der Waals surface area (Å²) in [6.07, 6.45) is 8.24. The molecule has 2 fully saturated rings. The number of methoxy groups -OCH3 is 4. The molecule has 10 nitrogen and oxygen atoms in total. The number of likely N-dealkylation sites (tertiary alicyclic amines) is 2. The zero-order valence-electron chi connectivity index (χ0n) is 30.0. The summed E-state index contributed by atoms with van der Waals surface area (Å²) in [5.41, 5.74) is 3.75. The maximum atomic E-state index is 13.4. The first-order valence-electron chi connectivity index (χ1n) is 17.8. The number of ketones is 2. The first kappa shape index (κ1) is 33.1. The first-order chi connectivity index (χ1) is 24.2. The quantitative estimate of drug-likeness (QED) is 0.354. The molecule has 2 saturated heterocycles. The Morgan fingerprint density at radius 3 is 1.44 bits per heavy atom. The molecule has 2 heterocycles. The number of allylic oxidation sites excluding steroid dienone is 2. The zero-order valence-corrected chi connectivity index (χ0v) is 30.0. The van der Waals surface area contributed by atoms with Crippen LogP contribution in [0.2, 0.25) is 0 Å². The smallest absolute Gasteiger partial charge is 0.197 e. The molecule has 2 aromatic carbocycles. The van der Waals surface area contributed by atoms with Crippen molar-refractivity contribution in [2.24, 2.45) is 11.8 Å². The van der Waals surface area contributed by atoms with Crippen LogP contribution in [0, 0.1) is 11.8 Å². The van der Waals surface area contributed by atoms with Crippen LogP contribution in [0.5, 0.6) is 23.0 Å². The average Bonchev–Trinajstić information content (AvgIpc) is 3.12. The molecule has 0 N–H and O–H groups in total. The Hall–Kier alpha value is -4.02. The summed E-state index contributed by atoms with van der Waals surface area (Å²) >= 11 is 0. The fourth-order valence-electron chi connectivity index (χ4n) is 10.6.